The zero-order chi connectivity index (χ0) is 15.3. The molecule has 124 valence electrons. The first-order valence-corrected chi connectivity index (χ1v) is 9.85. The Morgan fingerprint density at radius 3 is 2.52 bits per heavy atom. The van der Waals surface area contributed by atoms with Crippen molar-refractivity contribution in [3.05, 3.63) is 0 Å². The van der Waals surface area contributed by atoms with Gasteiger partial charge in [0.05, 0.1) is 0 Å². The van der Waals surface area contributed by atoms with Gasteiger partial charge < -0.3 is 5.11 Å². The van der Waals surface area contributed by atoms with Crippen molar-refractivity contribution >= 4 is 10.2 Å². The second-order valence-corrected chi connectivity index (χ2v) is 8.45. The van der Waals surface area contributed by atoms with E-state index in [0.29, 0.717) is 31.3 Å². The predicted octanol–water partition coefficient (Wildman–Crippen LogP) is 1.88. The second-order valence-electron chi connectivity index (χ2n) is 6.75. The quantitative estimate of drug-likeness (QED) is 0.785. The lowest BCUT2D eigenvalue weighted by molar-refractivity contribution is 0.215. The Kier molecular flexibility index (Phi) is 6.47. The van der Waals surface area contributed by atoms with Crippen LogP contribution in [0.5, 0.6) is 0 Å². The van der Waals surface area contributed by atoms with E-state index in [9.17, 15) is 13.5 Å². The minimum Gasteiger partial charge on any atom is -0.396 e. The fourth-order valence-corrected chi connectivity index (χ4v) is 5.36. The van der Waals surface area contributed by atoms with Gasteiger partial charge in [0.2, 0.25) is 0 Å². The summed E-state index contributed by atoms with van der Waals surface area (Å²) in [5.41, 5.74) is 0. The van der Waals surface area contributed by atoms with E-state index in [1.165, 1.54) is 19.3 Å². The zero-order valence-corrected chi connectivity index (χ0v) is 13.9. The Bertz CT molecular complexity index is 407. The summed E-state index contributed by atoms with van der Waals surface area (Å²) in [5.74, 6) is 0.809. The number of nitrogens with zero attached hydrogens (tertiary/aromatic N) is 1. The molecule has 2 N–H and O–H groups in total. The molecule has 2 rings (SSSR count). The number of nitrogens with one attached hydrogen (secondary N) is 1. The number of aliphatic hydroxyl groups is 1. The van der Waals surface area contributed by atoms with Crippen molar-refractivity contribution in [2.24, 2.45) is 11.8 Å². The molecule has 0 aromatic rings. The zero-order valence-electron chi connectivity index (χ0n) is 13.1. The maximum absolute atomic E-state index is 12.6. The predicted molar refractivity (Wildman–Crippen MR) is 84.1 cm³/mol. The van der Waals surface area contributed by atoms with E-state index in [0.717, 1.165) is 25.7 Å². The molecule has 0 aromatic heterocycles. The second kappa shape index (κ2) is 7.90. The van der Waals surface area contributed by atoms with Crippen LogP contribution in [0.25, 0.3) is 0 Å². The Balaban J connectivity index is 2.00. The van der Waals surface area contributed by atoms with E-state index in [1.807, 2.05) is 0 Å². The number of hydrogen-bond acceptors (Lipinski definition) is 3. The van der Waals surface area contributed by atoms with Gasteiger partial charge in [-0.15, -0.1) is 0 Å². The van der Waals surface area contributed by atoms with E-state index in [-0.39, 0.29) is 12.6 Å². The average Bonchev–Trinajstić information content (AvgIpc) is 2.47. The van der Waals surface area contributed by atoms with Crippen molar-refractivity contribution in [3.63, 3.8) is 0 Å². The molecule has 0 bridgehead atoms. The van der Waals surface area contributed by atoms with E-state index in [4.69, 9.17) is 0 Å². The molecule has 0 aromatic carbocycles. The summed E-state index contributed by atoms with van der Waals surface area (Å²) in [6.45, 7) is 3.39. The molecule has 21 heavy (non-hydrogen) atoms. The lowest BCUT2D eigenvalue weighted by Gasteiger charge is -2.35. The highest BCUT2D eigenvalue weighted by molar-refractivity contribution is 7.87. The molecule has 0 spiro atoms. The van der Waals surface area contributed by atoms with Crippen molar-refractivity contribution in [2.45, 2.75) is 64.3 Å². The average molecular weight is 318 g/mol. The van der Waals surface area contributed by atoms with Gasteiger partial charge in [-0.1, -0.05) is 26.2 Å². The van der Waals surface area contributed by atoms with Crippen LogP contribution in [-0.2, 0) is 10.2 Å². The van der Waals surface area contributed by atoms with Gasteiger partial charge in [-0.2, -0.15) is 17.4 Å². The van der Waals surface area contributed by atoms with Crippen LogP contribution in [0.2, 0.25) is 0 Å². The highest BCUT2D eigenvalue weighted by Crippen LogP contribution is 2.28. The van der Waals surface area contributed by atoms with Crippen LogP contribution in [0.3, 0.4) is 0 Å². The lowest BCUT2D eigenvalue weighted by Crippen LogP contribution is -2.51. The van der Waals surface area contributed by atoms with Crippen LogP contribution in [0.4, 0.5) is 0 Å². The molecule has 0 radical (unpaired) electrons. The maximum Gasteiger partial charge on any atom is 0.279 e. The number of hydrogen-bond donors (Lipinski definition) is 2. The molecule has 5 nitrogen and oxygen atoms in total. The van der Waals surface area contributed by atoms with Gasteiger partial charge in [-0.05, 0) is 43.9 Å². The highest BCUT2D eigenvalue weighted by atomic mass is 32.2. The van der Waals surface area contributed by atoms with Gasteiger partial charge in [0.25, 0.3) is 10.2 Å². The molecular formula is C15H30N2O3S. The standard InChI is InChI=1S/C15H30N2O3S/c1-13-6-5-10-17(12-13)21(19,20)16-15(9-11-18)14-7-3-2-4-8-14/h13-16,18H,2-12H2,1H3. The molecule has 0 amide bonds. The first-order chi connectivity index (χ1) is 10.0. The molecule has 2 atom stereocenters. The van der Waals surface area contributed by atoms with E-state index in [2.05, 4.69) is 11.6 Å². The Hall–Kier alpha value is -0.170. The number of piperidine rings is 1. The van der Waals surface area contributed by atoms with Gasteiger partial charge in [0, 0.05) is 25.7 Å². The van der Waals surface area contributed by atoms with Gasteiger partial charge in [-0.25, -0.2) is 0 Å². The number of aliphatic hydroxyl groups excluding tert-OH is 1. The van der Waals surface area contributed by atoms with Gasteiger partial charge in [-0.3, -0.25) is 0 Å². The molecule has 1 aliphatic carbocycles. The van der Waals surface area contributed by atoms with Crippen LogP contribution in [0.15, 0.2) is 0 Å². The maximum atomic E-state index is 12.6. The normalized spacial score (nSPS) is 27.6. The molecule has 2 fully saturated rings. The fourth-order valence-electron chi connectivity index (χ4n) is 3.70. The topological polar surface area (TPSA) is 69.6 Å². The third-order valence-electron chi connectivity index (χ3n) is 4.92. The largest absolute Gasteiger partial charge is 0.396 e. The molecule has 1 saturated heterocycles. The molecule has 1 saturated carbocycles. The summed E-state index contributed by atoms with van der Waals surface area (Å²) in [7, 11) is -3.41. The molecule has 6 heteroatoms. The van der Waals surface area contributed by atoms with Crippen LogP contribution >= 0.6 is 0 Å². The van der Waals surface area contributed by atoms with Crippen molar-refractivity contribution in [1.29, 1.82) is 0 Å². The minimum atomic E-state index is -3.41. The third kappa shape index (κ3) is 4.91. The van der Waals surface area contributed by atoms with E-state index in [1.54, 1.807) is 4.31 Å². The first-order valence-electron chi connectivity index (χ1n) is 8.41. The van der Waals surface area contributed by atoms with Crippen molar-refractivity contribution in [2.75, 3.05) is 19.7 Å². The Morgan fingerprint density at radius 1 is 1.19 bits per heavy atom. The van der Waals surface area contributed by atoms with Crippen molar-refractivity contribution in [1.82, 2.24) is 9.03 Å². The van der Waals surface area contributed by atoms with Gasteiger partial charge in [0.15, 0.2) is 0 Å². The monoisotopic (exact) mass is 318 g/mol. The summed E-state index contributed by atoms with van der Waals surface area (Å²) in [5, 5.41) is 9.27. The minimum absolute atomic E-state index is 0.0418. The fraction of sp³-hybridized carbons (Fsp3) is 1.00. The summed E-state index contributed by atoms with van der Waals surface area (Å²) in [4.78, 5) is 0. The highest BCUT2D eigenvalue weighted by Gasteiger charge is 2.32. The van der Waals surface area contributed by atoms with Crippen LogP contribution in [0.1, 0.15) is 58.3 Å². The number of rotatable bonds is 6. The molecule has 1 aliphatic heterocycles. The van der Waals surface area contributed by atoms with Gasteiger partial charge in [0.1, 0.15) is 0 Å². The SMILES string of the molecule is CC1CCCN(S(=O)(=O)NC(CCO)C2CCCCC2)C1. The van der Waals surface area contributed by atoms with E-state index >= 15 is 0 Å². The smallest absolute Gasteiger partial charge is 0.279 e. The molecule has 1 heterocycles. The Labute approximate surface area is 129 Å². The summed E-state index contributed by atoms with van der Waals surface area (Å²) in [6.07, 6.45) is 8.31. The third-order valence-corrected chi connectivity index (χ3v) is 6.53. The lowest BCUT2D eigenvalue weighted by atomic mass is 9.83. The summed E-state index contributed by atoms with van der Waals surface area (Å²) in [6, 6.07) is -0.113. The van der Waals surface area contributed by atoms with Crippen molar-refractivity contribution in [3.8, 4) is 0 Å². The van der Waals surface area contributed by atoms with Crippen LogP contribution < -0.4 is 4.72 Å². The van der Waals surface area contributed by atoms with Crippen molar-refractivity contribution < 1.29 is 13.5 Å². The molecule has 2 aliphatic rings. The summed E-state index contributed by atoms with van der Waals surface area (Å²) >= 11 is 0. The summed E-state index contributed by atoms with van der Waals surface area (Å²) < 4.78 is 29.7. The first kappa shape index (κ1) is 17.2. The van der Waals surface area contributed by atoms with Gasteiger partial charge >= 0.3 is 0 Å². The van der Waals surface area contributed by atoms with E-state index < -0.39 is 10.2 Å². The van der Waals surface area contributed by atoms with Crippen LogP contribution in [-0.4, -0.2) is 43.6 Å². The molecular weight excluding hydrogens is 288 g/mol. The Morgan fingerprint density at radius 2 is 1.90 bits per heavy atom. The molecule has 2 unspecified atom stereocenters. The van der Waals surface area contributed by atoms with Crippen LogP contribution in [0, 0.1) is 11.8 Å².